The van der Waals surface area contributed by atoms with Gasteiger partial charge in [-0.25, -0.2) is 18.4 Å². The van der Waals surface area contributed by atoms with Gasteiger partial charge in [0.1, 0.15) is 18.7 Å². The van der Waals surface area contributed by atoms with Crippen LogP contribution in [0, 0.1) is 5.92 Å². The molecular formula is C12H22ClF2N5. The van der Waals surface area contributed by atoms with Gasteiger partial charge in [-0.3, -0.25) is 4.90 Å². The summed E-state index contributed by atoms with van der Waals surface area (Å²) in [5.41, 5.74) is 0. The van der Waals surface area contributed by atoms with Crippen molar-refractivity contribution in [2.45, 2.75) is 32.4 Å². The summed E-state index contributed by atoms with van der Waals surface area (Å²) in [4.78, 5) is 6.19. The molecule has 1 N–H and O–H groups in total. The number of nitrogens with one attached hydrogen (secondary N) is 1. The van der Waals surface area contributed by atoms with E-state index < -0.39 is 6.43 Å². The Morgan fingerprint density at radius 2 is 2.35 bits per heavy atom. The van der Waals surface area contributed by atoms with Crippen LogP contribution in [0.5, 0.6) is 0 Å². The molecule has 1 unspecified atom stereocenters. The van der Waals surface area contributed by atoms with E-state index in [0.717, 1.165) is 19.6 Å². The first kappa shape index (κ1) is 17.3. The minimum Gasteiger partial charge on any atom is -0.316 e. The summed E-state index contributed by atoms with van der Waals surface area (Å²) in [5.74, 6) is 1.23. The molecule has 0 aromatic carbocycles. The molecule has 20 heavy (non-hydrogen) atoms. The number of aromatic nitrogens is 3. The van der Waals surface area contributed by atoms with Gasteiger partial charge in [0.05, 0.1) is 6.54 Å². The predicted octanol–water partition coefficient (Wildman–Crippen LogP) is 1.40. The number of nitrogens with zero attached hydrogens (tertiary/aromatic N) is 4. The van der Waals surface area contributed by atoms with Gasteiger partial charge < -0.3 is 5.32 Å². The van der Waals surface area contributed by atoms with E-state index in [-0.39, 0.29) is 19.0 Å². The van der Waals surface area contributed by atoms with Crippen LogP contribution in [0.25, 0.3) is 0 Å². The van der Waals surface area contributed by atoms with Crippen LogP contribution in [0.15, 0.2) is 6.33 Å². The molecule has 5 nitrogen and oxygen atoms in total. The van der Waals surface area contributed by atoms with Crippen molar-refractivity contribution >= 4 is 12.4 Å². The molecule has 1 aromatic rings. The molecule has 1 aromatic heterocycles. The topological polar surface area (TPSA) is 46.0 Å². The number of piperidine rings is 1. The molecule has 0 amide bonds. The second-order valence-corrected chi connectivity index (χ2v) is 5.16. The van der Waals surface area contributed by atoms with Gasteiger partial charge in [-0.2, -0.15) is 5.10 Å². The van der Waals surface area contributed by atoms with Crippen LogP contribution in [0.3, 0.4) is 0 Å². The zero-order valence-electron chi connectivity index (χ0n) is 11.6. The van der Waals surface area contributed by atoms with Crippen LogP contribution in [0.4, 0.5) is 8.78 Å². The third-order valence-corrected chi connectivity index (χ3v) is 3.39. The van der Waals surface area contributed by atoms with Gasteiger partial charge in [-0.05, 0) is 38.9 Å². The van der Waals surface area contributed by atoms with E-state index in [2.05, 4.69) is 20.3 Å². The lowest BCUT2D eigenvalue weighted by molar-refractivity contribution is 0.118. The average molecular weight is 310 g/mol. The molecule has 0 spiro atoms. The monoisotopic (exact) mass is 309 g/mol. The van der Waals surface area contributed by atoms with E-state index in [1.54, 1.807) is 0 Å². The highest BCUT2D eigenvalue weighted by Crippen LogP contribution is 2.12. The van der Waals surface area contributed by atoms with Gasteiger partial charge in [0.15, 0.2) is 0 Å². The van der Waals surface area contributed by atoms with Crippen molar-refractivity contribution in [1.82, 2.24) is 25.0 Å². The van der Waals surface area contributed by atoms with Crippen molar-refractivity contribution in [2.75, 3.05) is 26.7 Å². The van der Waals surface area contributed by atoms with Crippen LogP contribution in [0.1, 0.15) is 18.7 Å². The van der Waals surface area contributed by atoms with Gasteiger partial charge in [0, 0.05) is 6.54 Å². The standard InChI is InChI=1S/C12H21F2N5.ClH/c1-18(6-10-3-2-4-15-5-10)8-12-16-9-17-19(12)7-11(13)14;/h9-11,15H,2-8H2,1H3;1H. The molecule has 1 atom stereocenters. The smallest absolute Gasteiger partial charge is 0.257 e. The van der Waals surface area contributed by atoms with Crippen LogP contribution in [0.2, 0.25) is 0 Å². The second kappa shape index (κ2) is 8.49. The first-order valence-corrected chi connectivity index (χ1v) is 6.69. The first-order chi connectivity index (χ1) is 9.15. The molecule has 1 aliphatic heterocycles. The molecule has 2 heterocycles. The minimum absolute atomic E-state index is 0. The Hall–Kier alpha value is -0.790. The maximum absolute atomic E-state index is 12.4. The third kappa shape index (κ3) is 5.30. The number of hydrogen-bond acceptors (Lipinski definition) is 4. The lowest BCUT2D eigenvalue weighted by Gasteiger charge is -2.27. The summed E-state index contributed by atoms with van der Waals surface area (Å²) >= 11 is 0. The summed E-state index contributed by atoms with van der Waals surface area (Å²) < 4.78 is 26.0. The molecule has 1 fully saturated rings. The van der Waals surface area contributed by atoms with Crippen molar-refractivity contribution in [3.05, 3.63) is 12.2 Å². The summed E-state index contributed by atoms with van der Waals surface area (Å²) in [6, 6.07) is 0. The Kier molecular flexibility index (Phi) is 7.32. The van der Waals surface area contributed by atoms with Crippen molar-refractivity contribution in [1.29, 1.82) is 0 Å². The van der Waals surface area contributed by atoms with Gasteiger partial charge in [0.2, 0.25) is 0 Å². The van der Waals surface area contributed by atoms with Crippen molar-refractivity contribution in [2.24, 2.45) is 5.92 Å². The van der Waals surface area contributed by atoms with Gasteiger partial charge in [-0.15, -0.1) is 12.4 Å². The van der Waals surface area contributed by atoms with E-state index in [4.69, 9.17) is 0 Å². The predicted molar refractivity (Wildman–Crippen MR) is 75.2 cm³/mol. The SMILES string of the molecule is CN(Cc1ncnn1CC(F)F)CC1CCCNC1.Cl. The summed E-state index contributed by atoms with van der Waals surface area (Å²) in [7, 11) is 2.00. The van der Waals surface area contributed by atoms with Crippen molar-refractivity contribution < 1.29 is 8.78 Å². The highest BCUT2D eigenvalue weighted by atomic mass is 35.5. The van der Waals surface area contributed by atoms with Gasteiger partial charge >= 0.3 is 0 Å². The maximum atomic E-state index is 12.4. The second-order valence-electron chi connectivity index (χ2n) is 5.16. The molecule has 0 radical (unpaired) electrons. The van der Waals surface area contributed by atoms with E-state index in [0.29, 0.717) is 18.3 Å². The van der Waals surface area contributed by atoms with E-state index >= 15 is 0 Å². The summed E-state index contributed by atoms with van der Waals surface area (Å²) in [6.07, 6.45) is 1.38. The van der Waals surface area contributed by atoms with Crippen molar-refractivity contribution in [3.63, 3.8) is 0 Å². The Bertz CT molecular complexity index is 382. The molecule has 0 saturated carbocycles. The van der Waals surface area contributed by atoms with E-state index in [1.807, 2.05) is 7.05 Å². The molecule has 116 valence electrons. The largest absolute Gasteiger partial charge is 0.316 e. The zero-order chi connectivity index (χ0) is 13.7. The average Bonchev–Trinajstić information content (AvgIpc) is 2.77. The minimum atomic E-state index is -2.40. The zero-order valence-corrected chi connectivity index (χ0v) is 12.5. The number of hydrogen-bond donors (Lipinski definition) is 1. The highest BCUT2D eigenvalue weighted by molar-refractivity contribution is 5.85. The highest BCUT2D eigenvalue weighted by Gasteiger charge is 2.17. The van der Waals surface area contributed by atoms with Crippen LogP contribution >= 0.6 is 12.4 Å². The summed E-state index contributed by atoms with van der Waals surface area (Å²) in [5, 5.41) is 7.22. The Labute approximate surface area is 124 Å². The number of rotatable bonds is 6. The fraction of sp³-hybridized carbons (Fsp3) is 0.833. The van der Waals surface area contributed by atoms with Crippen LogP contribution in [-0.2, 0) is 13.1 Å². The quantitative estimate of drug-likeness (QED) is 0.863. The van der Waals surface area contributed by atoms with Crippen molar-refractivity contribution in [3.8, 4) is 0 Å². The number of halogens is 3. The molecule has 0 bridgehead atoms. The maximum Gasteiger partial charge on any atom is 0.257 e. The normalized spacial score (nSPS) is 19.4. The molecule has 1 saturated heterocycles. The third-order valence-electron chi connectivity index (χ3n) is 3.39. The molecular weight excluding hydrogens is 288 g/mol. The lowest BCUT2D eigenvalue weighted by atomic mass is 9.99. The summed E-state index contributed by atoms with van der Waals surface area (Å²) in [6.45, 7) is 3.27. The van der Waals surface area contributed by atoms with E-state index in [1.165, 1.54) is 23.9 Å². The van der Waals surface area contributed by atoms with Gasteiger partial charge in [-0.1, -0.05) is 0 Å². The van der Waals surface area contributed by atoms with Gasteiger partial charge in [0.25, 0.3) is 6.43 Å². The molecule has 0 aliphatic carbocycles. The lowest BCUT2D eigenvalue weighted by Crippen LogP contribution is -2.37. The fourth-order valence-electron chi connectivity index (χ4n) is 2.52. The van der Waals surface area contributed by atoms with Crippen LogP contribution in [-0.4, -0.2) is 52.8 Å². The molecule has 2 rings (SSSR count). The van der Waals surface area contributed by atoms with E-state index in [9.17, 15) is 8.78 Å². The molecule has 1 aliphatic rings. The molecule has 8 heteroatoms. The Morgan fingerprint density at radius 1 is 1.55 bits per heavy atom. The fourth-order valence-corrected chi connectivity index (χ4v) is 2.52. The number of alkyl halides is 2. The Balaban J connectivity index is 0.00000200. The van der Waals surface area contributed by atoms with Crippen LogP contribution < -0.4 is 5.32 Å². The Morgan fingerprint density at radius 3 is 3.00 bits per heavy atom. The first-order valence-electron chi connectivity index (χ1n) is 6.69.